The Bertz CT molecular complexity index is 546. The van der Waals surface area contributed by atoms with E-state index in [1.54, 1.807) is 0 Å². The summed E-state index contributed by atoms with van der Waals surface area (Å²) in [7, 11) is 0. The lowest BCUT2D eigenvalue weighted by Gasteiger charge is -2.07. The number of halogens is 1. The number of hydrogen-bond acceptors (Lipinski definition) is 4. The summed E-state index contributed by atoms with van der Waals surface area (Å²) in [6.45, 7) is 0. The van der Waals surface area contributed by atoms with Crippen LogP contribution >= 0.6 is 0 Å². The number of carboxylic acid groups (broad SMARTS) is 1. The van der Waals surface area contributed by atoms with Crippen LogP contribution in [0.25, 0.3) is 0 Å². The van der Waals surface area contributed by atoms with Gasteiger partial charge in [-0.05, 0) is 12.1 Å². The van der Waals surface area contributed by atoms with E-state index in [9.17, 15) is 9.18 Å². The van der Waals surface area contributed by atoms with Gasteiger partial charge < -0.3 is 9.84 Å². The van der Waals surface area contributed by atoms with Crippen molar-refractivity contribution in [2.24, 2.45) is 0 Å². The third kappa shape index (κ3) is 2.36. The first-order valence-corrected chi connectivity index (χ1v) is 4.64. The van der Waals surface area contributed by atoms with Crippen molar-refractivity contribution in [3.8, 4) is 11.6 Å². The van der Waals surface area contributed by atoms with Crippen molar-refractivity contribution in [2.75, 3.05) is 0 Å². The van der Waals surface area contributed by atoms with Crippen LogP contribution in [0.1, 0.15) is 10.4 Å². The fraction of sp³-hybridized carbons (Fsp3) is 0. The van der Waals surface area contributed by atoms with Gasteiger partial charge in [-0.1, -0.05) is 6.07 Å². The lowest BCUT2D eigenvalue weighted by molar-refractivity contribution is 0.0689. The molecule has 0 aliphatic heterocycles. The Morgan fingerprint density at radius 1 is 1.35 bits per heavy atom. The van der Waals surface area contributed by atoms with E-state index in [2.05, 4.69) is 9.97 Å². The van der Waals surface area contributed by atoms with Crippen molar-refractivity contribution < 1.29 is 19.0 Å². The Morgan fingerprint density at radius 3 is 2.82 bits per heavy atom. The van der Waals surface area contributed by atoms with Crippen molar-refractivity contribution in [1.82, 2.24) is 9.97 Å². The zero-order valence-corrected chi connectivity index (χ0v) is 8.50. The fourth-order valence-corrected chi connectivity index (χ4v) is 1.25. The van der Waals surface area contributed by atoms with Gasteiger partial charge in [0.15, 0.2) is 0 Å². The maximum absolute atomic E-state index is 13.3. The SMILES string of the molecule is O=C(O)c1c(F)cccc1Oc1ccncn1. The molecule has 0 aliphatic carbocycles. The Labute approximate surface area is 95.5 Å². The average Bonchev–Trinajstić information content (AvgIpc) is 2.30. The lowest BCUT2D eigenvalue weighted by Crippen LogP contribution is -2.03. The fourth-order valence-electron chi connectivity index (χ4n) is 1.25. The van der Waals surface area contributed by atoms with Gasteiger partial charge in [-0.2, -0.15) is 0 Å². The quantitative estimate of drug-likeness (QED) is 0.880. The molecule has 1 aromatic carbocycles. The Kier molecular flexibility index (Phi) is 2.95. The Balaban J connectivity index is 2.40. The molecular formula is C11H7FN2O3. The predicted molar refractivity (Wildman–Crippen MR) is 55.5 cm³/mol. The van der Waals surface area contributed by atoms with Crippen LogP contribution in [0.3, 0.4) is 0 Å². The molecule has 1 aromatic heterocycles. The maximum atomic E-state index is 13.3. The first-order valence-electron chi connectivity index (χ1n) is 4.64. The average molecular weight is 234 g/mol. The van der Waals surface area contributed by atoms with E-state index in [1.165, 1.54) is 30.7 Å². The highest BCUT2D eigenvalue weighted by Crippen LogP contribution is 2.25. The molecule has 2 aromatic rings. The molecule has 1 N–H and O–H groups in total. The van der Waals surface area contributed by atoms with Crippen LogP contribution in [0.2, 0.25) is 0 Å². The molecule has 0 spiro atoms. The normalized spacial score (nSPS) is 9.94. The summed E-state index contributed by atoms with van der Waals surface area (Å²) in [5, 5.41) is 8.87. The molecule has 2 rings (SSSR count). The van der Waals surface area contributed by atoms with Gasteiger partial charge >= 0.3 is 5.97 Å². The van der Waals surface area contributed by atoms with E-state index in [1.807, 2.05) is 0 Å². The first-order chi connectivity index (χ1) is 8.18. The molecule has 1 heterocycles. The molecule has 86 valence electrons. The Hall–Kier alpha value is -2.50. The number of rotatable bonds is 3. The number of carboxylic acids is 1. The van der Waals surface area contributed by atoms with E-state index in [-0.39, 0.29) is 11.6 Å². The molecule has 0 fully saturated rings. The van der Waals surface area contributed by atoms with Gasteiger partial charge in [0.1, 0.15) is 23.5 Å². The number of benzene rings is 1. The van der Waals surface area contributed by atoms with E-state index in [0.717, 1.165) is 6.07 Å². The number of carbonyl (C=O) groups is 1. The number of hydrogen-bond donors (Lipinski definition) is 1. The third-order valence-corrected chi connectivity index (χ3v) is 1.96. The number of nitrogens with zero attached hydrogens (tertiary/aromatic N) is 2. The summed E-state index contributed by atoms with van der Waals surface area (Å²) in [5.74, 6) is -2.21. The van der Waals surface area contributed by atoms with Crippen molar-refractivity contribution in [3.05, 3.63) is 48.2 Å². The summed E-state index contributed by atoms with van der Waals surface area (Å²) >= 11 is 0. The molecule has 5 nitrogen and oxygen atoms in total. The van der Waals surface area contributed by atoms with Gasteiger partial charge in [-0.25, -0.2) is 19.2 Å². The standard InChI is InChI=1S/C11H7FN2O3/c12-7-2-1-3-8(10(7)11(15)16)17-9-4-5-13-6-14-9/h1-6H,(H,15,16). The third-order valence-electron chi connectivity index (χ3n) is 1.96. The molecule has 0 atom stereocenters. The van der Waals surface area contributed by atoms with Crippen LogP contribution in [-0.2, 0) is 0 Å². The van der Waals surface area contributed by atoms with E-state index in [4.69, 9.17) is 9.84 Å². The minimum Gasteiger partial charge on any atom is -0.477 e. The molecule has 17 heavy (non-hydrogen) atoms. The zero-order valence-electron chi connectivity index (χ0n) is 8.50. The van der Waals surface area contributed by atoms with E-state index >= 15 is 0 Å². The smallest absolute Gasteiger partial charge is 0.342 e. The van der Waals surface area contributed by atoms with Gasteiger partial charge in [0.25, 0.3) is 0 Å². The van der Waals surface area contributed by atoms with Crippen molar-refractivity contribution in [1.29, 1.82) is 0 Å². The van der Waals surface area contributed by atoms with E-state index in [0.29, 0.717) is 0 Å². The number of ether oxygens (including phenoxy) is 1. The van der Waals surface area contributed by atoms with Crippen molar-refractivity contribution in [2.45, 2.75) is 0 Å². The highest BCUT2D eigenvalue weighted by Gasteiger charge is 2.17. The van der Waals surface area contributed by atoms with Gasteiger partial charge in [0.05, 0.1) is 0 Å². The summed E-state index contributed by atoms with van der Waals surface area (Å²) in [6, 6.07) is 5.21. The monoisotopic (exact) mass is 234 g/mol. The zero-order chi connectivity index (χ0) is 12.3. The van der Waals surface area contributed by atoms with E-state index < -0.39 is 17.3 Å². The summed E-state index contributed by atoms with van der Waals surface area (Å²) in [4.78, 5) is 18.3. The maximum Gasteiger partial charge on any atom is 0.342 e. The molecule has 0 saturated heterocycles. The van der Waals surface area contributed by atoms with Crippen LogP contribution in [-0.4, -0.2) is 21.0 Å². The molecule has 0 amide bonds. The highest BCUT2D eigenvalue weighted by atomic mass is 19.1. The lowest BCUT2D eigenvalue weighted by atomic mass is 10.2. The number of aromatic carboxylic acids is 1. The molecule has 0 aliphatic rings. The molecular weight excluding hydrogens is 227 g/mol. The highest BCUT2D eigenvalue weighted by molar-refractivity contribution is 5.91. The summed E-state index contributed by atoms with van der Waals surface area (Å²) in [6.07, 6.45) is 2.68. The predicted octanol–water partition coefficient (Wildman–Crippen LogP) is 2.11. The molecule has 0 bridgehead atoms. The number of aromatic nitrogens is 2. The molecule has 0 saturated carbocycles. The first kappa shape index (κ1) is 11.0. The van der Waals surface area contributed by atoms with Crippen LogP contribution in [0.4, 0.5) is 4.39 Å². The second-order valence-corrected chi connectivity index (χ2v) is 3.07. The van der Waals surface area contributed by atoms with Gasteiger partial charge in [0.2, 0.25) is 5.88 Å². The summed E-state index contributed by atoms with van der Waals surface area (Å²) < 4.78 is 18.5. The molecule has 0 unspecified atom stereocenters. The Morgan fingerprint density at radius 2 is 2.18 bits per heavy atom. The second-order valence-electron chi connectivity index (χ2n) is 3.07. The largest absolute Gasteiger partial charge is 0.477 e. The summed E-state index contributed by atoms with van der Waals surface area (Å²) in [5.41, 5.74) is -0.522. The van der Waals surface area contributed by atoms with Crippen LogP contribution in [0.15, 0.2) is 36.8 Å². The van der Waals surface area contributed by atoms with Gasteiger partial charge in [-0.15, -0.1) is 0 Å². The topological polar surface area (TPSA) is 72.3 Å². The van der Waals surface area contributed by atoms with Crippen LogP contribution in [0, 0.1) is 5.82 Å². The van der Waals surface area contributed by atoms with Gasteiger partial charge in [0, 0.05) is 12.3 Å². The minimum absolute atomic E-state index is 0.101. The molecule has 6 heteroatoms. The van der Waals surface area contributed by atoms with Crippen LogP contribution < -0.4 is 4.74 Å². The van der Waals surface area contributed by atoms with Gasteiger partial charge in [-0.3, -0.25) is 0 Å². The van der Waals surface area contributed by atoms with Crippen molar-refractivity contribution >= 4 is 5.97 Å². The van der Waals surface area contributed by atoms with Crippen LogP contribution in [0.5, 0.6) is 11.6 Å². The molecule has 0 radical (unpaired) electrons. The minimum atomic E-state index is -1.40. The van der Waals surface area contributed by atoms with Crippen molar-refractivity contribution in [3.63, 3.8) is 0 Å². The second kappa shape index (κ2) is 4.56.